The van der Waals surface area contributed by atoms with Crippen molar-refractivity contribution in [1.29, 1.82) is 0 Å². The molecule has 1 aliphatic heterocycles. The minimum absolute atomic E-state index is 0.0113. The second-order valence-corrected chi connectivity index (χ2v) is 16.5. The minimum Gasteiger partial charge on any atom is -0.508 e. The Morgan fingerprint density at radius 3 is 1.90 bits per heavy atom. The van der Waals surface area contributed by atoms with Gasteiger partial charge in [-0.3, -0.25) is 47.9 Å². The van der Waals surface area contributed by atoms with Gasteiger partial charge in [0.2, 0.25) is 53.2 Å². The third-order valence-corrected chi connectivity index (χ3v) is 10.5. The zero-order valence-corrected chi connectivity index (χ0v) is 37.8. The third kappa shape index (κ3) is 20.0. The number of phenols is 1. The van der Waals surface area contributed by atoms with Crippen molar-refractivity contribution in [1.82, 2.24) is 42.1 Å². The maximum absolute atomic E-state index is 14.0. The van der Waals surface area contributed by atoms with Crippen molar-refractivity contribution >= 4 is 65.1 Å². The molecule has 7 atom stereocenters. The molecule has 0 aliphatic carbocycles. The number of hydrogen-bond acceptors (Lipinski definition) is 14. The number of nitrogens with zero attached hydrogens (tertiary/aromatic N) is 1. The lowest BCUT2D eigenvalue weighted by molar-refractivity contribution is -0.144. The van der Waals surface area contributed by atoms with Crippen molar-refractivity contribution in [3.05, 3.63) is 29.8 Å². The fourth-order valence-electron chi connectivity index (χ4n) is 6.94. The number of unbranched alkanes of at least 4 members (excludes halogenated alkanes) is 1. The number of hydrogen-bond donors (Lipinski definition) is 13. The SMILES string of the molecule is CC(C)C[C@H](NC(=O)[C@H](Cc1ccc(O)cc1)NC(=O)[C@H](CC(=O)O)NC(=O)[C@H](CCC(N)=O)NC(=O)CN)C(=O)N[C@@H](C)C(=O)NCC(=O)N1CCC[C@H]1C(=O)N[C@@H](CCCCN)C(=O)O. The number of nitrogens with one attached hydrogen (secondary N) is 7. The number of phenolic OH excluding ortho intramolecular Hbond substituents is 1. The van der Waals surface area contributed by atoms with Gasteiger partial charge in [-0.25, -0.2) is 4.79 Å². The van der Waals surface area contributed by atoms with Crippen LogP contribution in [-0.2, 0) is 59.2 Å². The Hall–Kier alpha value is -6.89. The van der Waals surface area contributed by atoms with E-state index in [0.717, 1.165) is 0 Å². The van der Waals surface area contributed by atoms with Crippen LogP contribution in [-0.4, -0.2) is 154 Å². The van der Waals surface area contributed by atoms with E-state index in [4.69, 9.17) is 17.2 Å². The van der Waals surface area contributed by atoms with Gasteiger partial charge in [0.1, 0.15) is 48.0 Å². The van der Waals surface area contributed by atoms with Gasteiger partial charge in [-0.15, -0.1) is 0 Å². The molecular formula is C42H65N11O14. The van der Waals surface area contributed by atoms with Gasteiger partial charge in [0.25, 0.3) is 0 Å². The number of primary amides is 1. The van der Waals surface area contributed by atoms with Crippen LogP contribution in [0.25, 0.3) is 0 Å². The lowest BCUT2D eigenvalue weighted by atomic mass is 10.00. The number of aromatic hydroxyl groups is 1. The predicted molar refractivity (Wildman–Crippen MR) is 237 cm³/mol. The molecule has 25 heteroatoms. The molecule has 0 unspecified atom stereocenters. The highest BCUT2D eigenvalue weighted by Gasteiger charge is 2.37. The van der Waals surface area contributed by atoms with Gasteiger partial charge in [-0.05, 0) is 82.0 Å². The van der Waals surface area contributed by atoms with Crippen LogP contribution in [0.2, 0.25) is 0 Å². The predicted octanol–water partition coefficient (Wildman–Crippen LogP) is -4.07. The summed E-state index contributed by atoms with van der Waals surface area (Å²) in [6.07, 6.45) is -0.0711. The Labute approximate surface area is 386 Å². The van der Waals surface area contributed by atoms with Gasteiger partial charge in [0.05, 0.1) is 19.5 Å². The molecule has 1 saturated heterocycles. The molecule has 0 saturated carbocycles. The molecule has 2 rings (SSSR count). The quantitative estimate of drug-likeness (QED) is 0.0340. The lowest BCUT2D eigenvalue weighted by Crippen LogP contribution is -2.60. The molecule has 0 bridgehead atoms. The highest BCUT2D eigenvalue weighted by molar-refractivity contribution is 5.98. The maximum Gasteiger partial charge on any atom is 0.326 e. The molecule has 1 aromatic rings. The highest BCUT2D eigenvalue weighted by Crippen LogP contribution is 2.18. The number of carboxylic acid groups (broad SMARTS) is 2. The Kier molecular flexibility index (Phi) is 23.7. The number of carbonyl (C=O) groups is 11. The summed E-state index contributed by atoms with van der Waals surface area (Å²) in [5.41, 5.74) is 16.4. The first-order valence-corrected chi connectivity index (χ1v) is 21.9. The van der Waals surface area contributed by atoms with Gasteiger partial charge in [0.15, 0.2) is 0 Å². The topological polar surface area (TPSA) is 414 Å². The summed E-state index contributed by atoms with van der Waals surface area (Å²) in [4.78, 5) is 142. The molecule has 372 valence electrons. The summed E-state index contributed by atoms with van der Waals surface area (Å²) in [5, 5.41) is 45.9. The third-order valence-electron chi connectivity index (χ3n) is 10.5. The number of aliphatic carboxylic acids is 2. The average Bonchev–Trinajstić information content (AvgIpc) is 3.76. The molecule has 1 heterocycles. The minimum atomic E-state index is -1.85. The molecule has 0 aromatic heterocycles. The first-order valence-electron chi connectivity index (χ1n) is 21.9. The van der Waals surface area contributed by atoms with Gasteiger partial charge in [0, 0.05) is 19.4 Å². The van der Waals surface area contributed by atoms with Crippen molar-refractivity contribution in [2.45, 2.75) is 127 Å². The van der Waals surface area contributed by atoms with E-state index in [-0.39, 0.29) is 56.7 Å². The number of nitrogens with two attached hydrogens (primary N) is 3. The van der Waals surface area contributed by atoms with Gasteiger partial charge in [-0.1, -0.05) is 26.0 Å². The number of carboxylic acids is 2. The van der Waals surface area contributed by atoms with Crippen LogP contribution in [0.3, 0.4) is 0 Å². The molecule has 1 aromatic carbocycles. The van der Waals surface area contributed by atoms with E-state index >= 15 is 0 Å². The number of benzene rings is 1. The van der Waals surface area contributed by atoms with Crippen LogP contribution in [0.15, 0.2) is 24.3 Å². The van der Waals surface area contributed by atoms with E-state index in [0.29, 0.717) is 31.4 Å². The zero-order valence-electron chi connectivity index (χ0n) is 37.8. The summed E-state index contributed by atoms with van der Waals surface area (Å²) in [7, 11) is 0. The van der Waals surface area contributed by atoms with Crippen molar-refractivity contribution < 1.29 is 68.1 Å². The Balaban J connectivity index is 2.23. The molecule has 1 aliphatic rings. The monoisotopic (exact) mass is 947 g/mol. The second-order valence-electron chi connectivity index (χ2n) is 16.5. The fourth-order valence-corrected chi connectivity index (χ4v) is 6.94. The highest BCUT2D eigenvalue weighted by atomic mass is 16.4. The lowest BCUT2D eigenvalue weighted by Gasteiger charge is -2.27. The molecule has 0 spiro atoms. The van der Waals surface area contributed by atoms with E-state index in [9.17, 15) is 68.1 Å². The Bertz CT molecular complexity index is 1930. The second kappa shape index (κ2) is 28.2. The normalized spacial score (nSPS) is 15.9. The maximum atomic E-state index is 14.0. The Morgan fingerprint density at radius 2 is 1.31 bits per heavy atom. The standard InChI is InChI=1S/C42H65N11O14/c1-22(2)17-28(38(62)47-23(3)36(60)46-21-34(57)53-16-6-8-31(53)41(65)49-27(42(66)67)7-4-5-15-43)50-39(63)29(18-24-9-11-25(54)12-10-24)51-40(64)30(19-35(58)59)52-37(61)26(13-14-32(45)55)48-33(56)20-44/h9-12,22-23,26-31,54H,4-8,13-21,43-44H2,1-3H3,(H2,45,55)(H,46,60)(H,47,62)(H,48,56)(H,49,65)(H,50,63)(H,51,64)(H,52,61)(H,58,59)(H,66,67)/t23-,26-,27-,28-,29-,30-,31-/m0/s1. The van der Waals surface area contributed by atoms with Crippen LogP contribution in [0.1, 0.15) is 84.1 Å². The van der Waals surface area contributed by atoms with Crippen molar-refractivity contribution in [2.24, 2.45) is 23.1 Å². The van der Waals surface area contributed by atoms with Crippen molar-refractivity contribution in [2.75, 3.05) is 26.2 Å². The van der Waals surface area contributed by atoms with Crippen molar-refractivity contribution in [3.63, 3.8) is 0 Å². The molecule has 25 nitrogen and oxygen atoms in total. The first kappa shape index (κ1) is 56.2. The van der Waals surface area contributed by atoms with Crippen LogP contribution in [0.5, 0.6) is 5.75 Å². The van der Waals surface area contributed by atoms with Crippen LogP contribution in [0, 0.1) is 5.92 Å². The summed E-state index contributed by atoms with van der Waals surface area (Å²) < 4.78 is 0. The first-order chi connectivity index (χ1) is 31.6. The van der Waals surface area contributed by atoms with Gasteiger partial charge >= 0.3 is 11.9 Å². The number of carbonyl (C=O) groups excluding carboxylic acids is 9. The molecule has 16 N–H and O–H groups in total. The van der Waals surface area contributed by atoms with Crippen molar-refractivity contribution in [3.8, 4) is 5.75 Å². The van der Waals surface area contributed by atoms with Gasteiger partial charge < -0.3 is 74.6 Å². The molecule has 1 fully saturated rings. The summed E-state index contributed by atoms with van der Waals surface area (Å²) in [5.74, 6) is -10.8. The smallest absolute Gasteiger partial charge is 0.326 e. The van der Waals surface area contributed by atoms with Crippen LogP contribution in [0.4, 0.5) is 0 Å². The fraction of sp³-hybridized carbons (Fsp3) is 0.595. The van der Waals surface area contributed by atoms with E-state index < -0.39 is 127 Å². The van der Waals surface area contributed by atoms with Gasteiger partial charge in [-0.2, -0.15) is 0 Å². The summed E-state index contributed by atoms with van der Waals surface area (Å²) >= 11 is 0. The number of amides is 9. The largest absolute Gasteiger partial charge is 0.508 e. The number of rotatable bonds is 29. The Morgan fingerprint density at radius 1 is 0.716 bits per heavy atom. The van der Waals surface area contributed by atoms with Crippen LogP contribution >= 0.6 is 0 Å². The summed E-state index contributed by atoms with van der Waals surface area (Å²) in [6, 6.07) is -4.12. The molecule has 67 heavy (non-hydrogen) atoms. The molecule has 0 radical (unpaired) electrons. The molecular weight excluding hydrogens is 883 g/mol. The summed E-state index contributed by atoms with van der Waals surface area (Å²) in [6.45, 7) is 4.23. The number of likely N-dealkylation sites (tertiary alicyclic amines) is 1. The van der Waals surface area contributed by atoms with Crippen LogP contribution < -0.4 is 54.4 Å². The van der Waals surface area contributed by atoms with E-state index in [1.807, 2.05) is 0 Å². The molecule has 9 amide bonds. The van der Waals surface area contributed by atoms with E-state index in [1.165, 1.54) is 36.1 Å². The zero-order chi connectivity index (χ0) is 50.4. The average molecular weight is 948 g/mol. The van der Waals surface area contributed by atoms with E-state index in [1.54, 1.807) is 13.8 Å². The van der Waals surface area contributed by atoms with E-state index in [2.05, 4.69) is 37.2 Å².